The van der Waals surface area contributed by atoms with Gasteiger partial charge < -0.3 is 24.7 Å². The van der Waals surface area contributed by atoms with Crippen LogP contribution in [0, 0.1) is 0 Å². The fourth-order valence-electron chi connectivity index (χ4n) is 1.05. The zero-order chi connectivity index (χ0) is 10.9. The molecule has 86 valence electrons. The van der Waals surface area contributed by atoms with E-state index in [9.17, 15) is 0 Å². The third-order valence-corrected chi connectivity index (χ3v) is 4.25. The summed E-state index contributed by atoms with van der Waals surface area (Å²) < 4.78 is 16.6. The van der Waals surface area contributed by atoms with E-state index < -0.39 is 8.80 Å². The number of hydrogen-bond donors (Lipinski definition) is 2. The molecule has 6 heteroatoms. The van der Waals surface area contributed by atoms with Gasteiger partial charge in [0.2, 0.25) is 0 Å². The third-order valence-electron chi connectivity index (χ3n) is 1.65. The van der Waals surface area contributed by atoms with E-state index >= 15 is 0 Å². The molecule has 14 heavy (non-hydrogen) atoms. The highest BCUT2D eigenvalue weighted by Gasteiger charge is 2.38. The lowest BCUT2D eigenvalue weighted by Crippen LogP contribution is -2.53. The average molecular weight is 222 g/mol. The molecule has 0 saturated heterocycles. The third kappa shape index (κ3) is 5.04. The van der Waals surface area contributed by atoms with Crippen LogP contribution in [0.3, 0.4) is 0 Å². The van der Waals surface area contributed by atoms with Crippen molar-refractivity contribution in [1.29, 1.82) is 0 Å². The van der Waals surface area contributed by atoms with Gasteiger partial charge in [-0.05, 0) is 26.8 Å². The first-order valence-electron chi connectivity index (χ1n) is 5.06. The lowest BCUT2D eigenvalue weighted by atomic mass is 10.5. The van der Waals surface area contributed by atoms with Gasteiger partial charge in [-0.15, -0.1) is 0 Å². The van der Waals surface area contributed by atoms with Gasteiger partial charge in [-0.2, -0.15) is 0 Å². The molecule has 0 heterocycles. The van der Waals surface area contributed by atoms with Crippen LogP contribution in [0.25, 0.3) is 0 Å². The topological polar surface area (TPSA) is 79.7 Å². The predicted octanol–water partition coefficient (Wildman–Crippen LogP) is -0.138. The summed E-state index contributed by atoms with van der Waals surface area (Å²) in [7, 11) is -2.58. The molecule has 0 aliphatic heterocycles. The van der Waals surface area contributed by atoms with Crippen molar-refractivity contribution in [3.63, 3.8) is 0 Å². The highest BCUT2D eigenvalue weighted by Crippen LogP contribution is 2.08. The Morgan fingerprint density at radius 1 is 1.00 bits per heavy atom. The van der Waals surface area contributed by atoms with Gasteiger partial charge in [-0.25, -0.2) is 0 Å². The molecule has 0 atom stereocenters. The maximum atomic E-state index is 5.62. The summed E-state index contributed by atoms with van der Waals surface area (Å²) in [5.41, 5.74) is 11.0. The summed E-state index contributed by atoms with van der Waals surface area (Å²) in [5.74, 6) is 0. The lowest BCUT2D eigenvalue weighted by molar-refractivity contribution is 0.0681. The second-order valence-electron chi connectivity index (χ2n) is 2.74. The minimum Gasteiger partial charge on any atom is -0.373 e. The van der Waals surface area contributed by atoms with Gasteiger partial charge >= 0.3 is 8.80 Å². The van der Waals surface area contributed by atoms with Crippen molar-refractivity contribution >= 4 is 8.80 Å². The van der Waals surface area contributed by atoms with Crippen molar-refractivity contribution in [2.24, 2.45) is 11.5 Å². The molecule has 0 spiro atoms. The van der Waals surface area contributed by atoms with Crippen LogP contribution in [0.15, 0.2) is 0 Å². The molecule has 0 aromatic rings. The molecule has 0 rings (SSSR count). The average Bonchev–Trinajstić information content (AvgIpc) is 2.19. The Hall–Kier alpha value is 0.0169. The molecule has 0 aliphatic rings. The first kappa shape index (κ1) is 14.0. The Balaban J connectivity index is 4.03. The standard InChI is InChI=1S/C8H22N2O3Si/c1-3-11-14(8-10,12-4-2)13-7-5-6-9/h3-10H2,1-2H3. The molecule has 0 aromatic heterocycles. The van der Waals surface area contributed by atoms with Gasteiger partial charge in [0.1, 0.15) is 0 Å². The second kappa shape index (κ2) is 8.34. The molecule has 0 saturated carbocycles. The molecular formula is C8H22N2O3Si. The van der Waals surface area contributed by atoms with Crippen molar-refractivity contribution in [3.05, 3.63) is 0 Å². The molecule has 0 aromatic carbocycles. The minimum atomic E-state index is -2.58. The monoisotopic (exact) mass is 222 g/mol. The van der Waals surface area contributed by atoms with Crippen molar-refractivity contribution in [1.82, 2.24) is 0 Å². The van der Waals surface area contributed by atoms with E-state index in [1.807, 2.05) is 13.8 Å². The van der Waals surface area contributed by atoms with Crippen LogP contribution in [-0.4, -0.2) is 41.3 Å². The fraction of sp³-hybridized carbons (Fsp3) is 1.00. The Labute approximate surface area is 87.1 Å². The lowest BCUT2D eigenvalue weighted by Gasteiger charge is -2.27. The quantitative estimate of drug-likeness (QED) is 0.419. The van der Waals surface area contributed by atoms with E-state index in [0.29, 0.717) is 32.5 Å². The first-order chi connectivity index (χ1) is 6.74. The zero-order valence-corrected chi connectivity index (χ0v) is 10.1. The molecule has 0 bridgehead atoms. The molecular weight excluding hydrogens is 200 g/mol. The van der Waals surface area contributed by atoms with E-state index in [0.717, 1.165) is 6.42 Å². The Morgan fingerprint density at radius 3 is 1.93 bits per heavy atom. The van der Waals surface area contributed by atoms with Crippen LogP contribution in [0.4, 0.5) is 0 Å². The summed E-state index contributed by atoms with van der Waals surface area (Å²) in [6.45, 7) is 6.09. The molecule has 0 aliphatic carbocycles. The summed E-state index contributed by atoms with van der Waals surface area (Å²) in [6, 6.07) is 0. The molecule has 0 fully saturated rings. The van der Waals surface area contributed by atoms with Gasteiger partial charge in [-0.1, -0.05) is 0 Å². The normalized spacial score (nSPS) is 12.0. The van der Waals surface area contributed by atoms with E-state index in [2.05, 4.69) is 0 Å². The summed E-state index contributed by atoms with van der Waals surface area (Å²) in [5, 5.41) is 0. The summed E-state index contributed by atoms with van der Waals surface area (Å²) in [6.07, 6.45) is 1.12. The fourth-order valence-corrected chi connectivity index (χ4v) is 2.99. The highest BCUT2D eigenvalue weighted by molar-refractivity contribution is 6.60. The SMILES string of the molecule is CCO[Si](CN)(OCC)OCCCN. The summed E-state index contributed by atoms with van der Waals surface area (Å²) in [4.78, 5) is 0. The van der Waals surface area contributed by atoms with Crippen molar-refractivity contribution in [2.75, 3.05) is 32.5 Å². The molecule has 5 nitrogen and oxygen atoms in total. The summed E-state index contributed by atoms with van der Waals surface area (Å²) >= 11 is 0. The van der Waals surface area contributed by atoms with E-state index in [-0.39, 0.29) is 0 Å². The molecule has 0 radical (unpaired) electrons. The van der Waals surface area contributed by atoms with Gasteiger partial charge in [0.05, 0.1) is 6.17 Å². The number of rotatable bonds is 9. The predicted molar refractivity (Wildman–Crippen MR) is 57.7 cm³/mol. The van der Waals surface area contributed by atoms with E-state index in [1.165, 1.54) is 0 Å². The molecule has 0 unspecified atom stereocenters. The van der Waals surface area contributed by atoms with Gasteiger partial charge in [0, 0.05) is 19.8 Å². The van der Waals surface area contributed by atoms with Gasteiger partial charge in [-0.3, -0.25) is 0 Å². The smallest absolute Gasteiger partial charge is 0.373 e. The Kier molecular flexibility index (Phi) is 8.35. The van der Waals surface area contributed by atoms with Crippen molar-refractivity contribution in [3.8, 4) is 0 Å². The zero-order valence-electron chi connectivity index (χ0n) is 9.12. The van der Waals surface area contributed by atoms with Gasteiger partial charge in [0.25, 0.3) is 0 Å². The Morgan fingerprint density at radius 2 is 1.57 bits per heavy atom. The molecule has 0 amide bonds. The second-order valence-corrected chi connectivity index (χ2v) is 5.38. The molecule has 4 N–H and O–H groups in total. The van der Waals surface area contributed by atoms with E-state index in [1.54, 1.807) is 0 Å². The van der Waals surface area contributed by atoms with Crippen LogP contribution in [0.1, 0.15) is 20.3 Å². The minimum absolute atomic E-state index is 0.319. The maximum absolute atomic E-state index is 5.62. The highest BCUT2D eigenvalue weighted by atomic mass is 28.4. The van der Waals surface area contributed by atoms with Crippen LogP contribution in [0.5, 0.6) is 0 Å². The van der Waals surface area contributed by atoms with Crippen LogP contribution >= 0.6 is 0 Å². The van der Waals surface area contributed by atoms with Gasteiger partial charge in [0.15, 0.2) is 0 Å². The van der Waals surface area contributed by atoms with Crippen molar-refractivity contribution in [2.45, 2.75) is 20.3 Å². The van der Waals surface area contributed by atoms with Crippen LogP contribution in [-0.2, 0) is 13.3 Å². The Bertz CT molecular complexity index is 132. The van der Waals surface area contributed by atoms with Crippen molar-refractivity contribution < 1.29 is 13.3 Å². The van der Waals surface area contributed by atoms with E-state index in [4.69, 9.17) is 24.7 Å². The number of hydrogen-bond acceptors (Lipinski definition) is 5. The number of nitrogens with two attached hydrogens (primary N) is 2. The van der Waals surface area contributed by atoms with Crippen LogP contribution in [0.2, 0.25) is 0 Å². The maximum Gasteiger partial charge on any atom is 0.515 e. The largest absolute Gasteiger partial charge is 0.515 e. The first-order valence-corrected chi connectivity index (χ1v) is 6.99. The van der Waals surface area contributed by atoms with Crippen LogP contribution < -0.4 is 11.5 Å².